The molecule has 0 radical (unpaired) electrons. The lowest BCUT2D eigenvalue weighted by atomic mass is 9.99. The molecule has 5 rings (SSSR count). The van der Waals surface area contributed by atoms with Gasteiger partial charge in [-0.3, -0.25) is 0 Å². The molecule has 5 aromatic carbocycles. The number of benzene rings is 5. The van der Waals surface area contributed by atoms with Gasteiger partial charge in [0.1, 0.15) is 5.75 Å². The van der Waals surface area contributed by atoms with Gasteiger partial charge in [0.2, 0.25) is 0 Å². The standard InChI is InChI=1S/C33H29NO/c1-24-9-11-26(12-10-24)27-13-15-28(16-14-27)29-17-19-31(20-18-29)34(30-7-5-4-6-8-30)33-22-21-32(35-3)23-25(33)2/h4-23H,1-3H3. The number of hydrogen-bond acceptors (Lipinski definition) is 2. The van der Waals surface area contributed by atoms with E-state index < -0.39 is 0 Å². The Balaban J connectivity index is 1.47. The molecular formula is C33H29NO. The molecule has 0 heterocycles. The average Bonchev–Trinajstić information content (AvgIpc) is 2.91. The van der Waals surface area contributed by atoms with Crippen molar-refractivity contribution < 1.29 is 4.74 Å². The molecule has 5 aromatic rings. The highest BCUT2D eigenvalue weighted by Gasteiger charge is 2.15. The van der Waals surface area contributed by atoms with E-state index in [0.29, 0.717) is 0 Å². The Bertz CT molecular complexity index is 1400. The summed E-state index contributed by atoms with van der Waals surface area (Å²) in [6, 6.07) is 43.0. The number of nitrogens with zero attached hydrogens (tertiary/aromatic N) is 1. The third-order valence-corrected chi connectivity index (χ3v) is 6.39. The second kappa shape index (κ2) is 9.90. The third-order valence-electron chi connectivity index (χ3n) is 6.39. The van der Waals surface area contributed by atoms with Crippen LogP contribution in [0.5, 0.6) is 5.75 Å². The molecule has 2 nitrogen and oxygen atoms in total. The molecule has 0 aromatic heterocycles. The van der Waals surface area contributed by atoms with E-state index in [1.807, 2.05) is 12.1 Å². The van der Waals surface area contributed by atoms with Gasteiger partial charge in [0.05, 0.1) is 7.11 Å². The smallest absolute Gasteiger partial charge is 0.119 e. The van der Waals surface area contributed by atoms with Crippen molar-refractivity contribution >= 4 is 17.1 Å². The zero-order valence-corrected chi connectivity index (χ0v) is 20.4. The highest BCUT2D eigenvalue weighted by Crippen LogP contribution is 2.38. The van der Waals surface area contributed by atoms with Gasteiger partial charge in [-0.1, -0.05) is 84.4 Å². The van der Waals surface area contributed by atoms with Crippen LogP contribution in [0.3, 0.4) is 0 Å². The molecule has 0 fully saturated rings. The monoisotopic (exact) mass is 455 g/mol. The van der Waals surface area contributed by atoms with Gasteiger partial charge in [-0.15, -0.1) is 0 Å². The minimum atomic E-state index is 0.865. The highest BCUT2D eigenvalue weighted by atomic mass is 16.5. The zero-order valence-electron chi connectivity index (χ0n) is 20.4. The Kier molecular flexibility index (Phi) is 6.36. The van der Waals surface area contributed by atoms with Gasteiger partial charge in [0, 0.05) is 17.1 Å². The minimum Gasteiger partial charge on any atom is -0.497 e. The van der Waals surface area contributed by atoms with E-state index in [0.717, 1.165) is 28.4 Å². The van der Waals surface area contributed by atoms with Crippen LogP contribution in [0.1, 0.15) is 11.1 Å². The van der Waals surface area contributed by atoms with Gasteiger partial charge in [-0.05, 0) is 84.1 Å². The molecular weight excluding hydrogens is 426 g/mol. The second-order valence-electron chi connectivity index (χ2n) is 8.81. The molecule has 0 bridgehead atoms. The maximum absolute atomic E-state index is 5.43. The van der Waals surface area contributed by atoms with Gasteiger partial charge < -0.3 is 9.64 Å². The van der Waals surface area contributed by atoms with E-state index >= 15 is 0 Å². The first-order valence-corrected chi connectivity index (χ1v) is 11.9. The van der Waals surface area contributed by atoms with E-state index in [1.54, 1.807) is 7.11 Å². The fourth-order valence-electron chi connectivity index (χ4n) is 4.41. The summed E-state index contributed by atoms with van der Waals surface area (Å²) in [6.45, 7) is 4.24. The number of hydrogen-bond donors (Lipinski definition) is 0. The molecule has 172 valence electrons. The molecule has 35 heavy (non-hydrogen) atoms. The van der Waals surface area contributed by atoms with Crippen LogP contribution in [-0.2, 0) is 0 Å². The van der Waals surface area contributed by atoms with Gasteiger partial charge in [-0.25, -0.2) is 0 Å². The molecule has 2 heteroatoms. The SMILES string of the molecule is COc1ccc(N(c2ccccc2)c2ccc(-c3ccc(-c4ccc(C)cc4)cc3)cc2)c(C)c1. The Morgan fingerprint density at radius 1 is 0.514 bits per heavy atom. The fourth-order valence-corrected chi connectivity index (χ4v) is 4.41. The summed E-state index contributed by atoms with van der Waals surface area (Å²) in [5, 5.41) is 0. The lowest BCUT2D eigenvalue weighted by Gasteiger charge is -2.27. The van der Waals surface area contributed by atoms with E-state index in [-0.39, 0.29) is 0 Å². The predicted octanol–water partition coefficient (Wildman–Crippen LogP) is 9.12. The minimum absolute atomic E-state index is 0.865. The number of aryl methyl sites for hydroxylation is 2. The summed E-state index contributed by atoms with van der Waals surface area (Å²) in [7, 11) is 1.70. The van der Waals surface area contributed by atoms with Crippen LogP contribution in [0.2, 0.25) is 0 Å². The van der Waals surface area contributed by atoms with E-state index in [1.165, 1.54) is 27.8 Å². The van der Waals surface area contributed by atoms with Crippen LogP contribution in [-0.4, -0.2) is 7.11 Å². The Morgan fingerprint density at radius 3 is 1.51 bits per heavy atom. The van der Waals surface area contributed by atoms with Crippen LogP contribution in [0, 0.1) is 13.8 Å². The van der Waals surface area contributed by atoms with Crippen molar-refractivity contribution in [2.24, 2.45) is 0 Å². The molecule has 0 aliphatic heterocycles. The quantitative estimate of drug-likeness (QED) is 0.253. The molecule has 0 saturated carbocycles. The molecule has 0 aliphatic rings. The summed E-state index contributed by atoms with van der Waals surface area (Å²) in [4.78, 5) is 2.29. The Labute approximate surface area is 208 Å². The van der Waals surface area contributed by atoms with Crippen molar-refractivity contribution in [2.45, 2.75) is 13.8 Å². The first kappa shape index (κ1) is 22.5. The number of ether oxygens (including phenoxy) is 1. The first-order valence-electron chi connectivity index (χ1n) is 11.9. The first-order chi connectivity index (χ1) is 17.1. The zero-order chi connectivity index (χ0) is 24.2. The van der Waals surface area contributed by atoms with E-state index in [4.69, 9.17) is 4.74 Å². The topological polar surface area (TPSA) is 12.5 Å². The Morgan fingerprint density at radius 2 is 1.00 bits per heavy atom. The summed E-state index contributed by atoms with van der Waals surface area (Å²) >= 11 is 0. The molecule has 0 amide bonds. The normalized spacial score (nSPS) is 10.7. The number of para-hydroxylation sites is 1. The van der Waals surface area contributed by atoms with Crippen molar-refractivity contribution in [3.63, 3.8) is 0 Å². The van der Waals surface area contributed by atoms with E-state index in [9.17, 15) is 0 Å². The van der Waals surface area contributed by atoms with Crippen LogP contribution in [0.25, 0.3) is 22.3 Å². The van der Waals surface area contributed by atoms with Crippen molar-refractivity contribution in [1.82, 2.24) is 0 Å². The Hall–Kier alpha value is -4.30. The van der Waals surface area contributed by atoms with Gasteiger partial charge >= 0.3 is 0 Å². The fraction of sp³-hybridized carbons (Fsp3) is 0.0909. The predicted molar refractivity (Wildman–Crippen MR) is 148 cm³/mol. The van der Waals surface area contributed by atoms with Gasteiger partial charge in [-0.2, -0.15) is 0 Å². The molecule has 0 aliphatic carbocycles. The number of rotatable bonds is 6. The van der Waals surface area contributed by atoms with Crippen molar-refractivity contribution in [2.75, 3.05) is 12.0 Å². The second-order valence-corrected chi connectivity index (χ2v) is 8.81. The number of anilines is 3. The van der Waals surface area contributed by atoms with Crippen LogP contribution < -0.4 is 9.64 Å². The average molecular weight is 456 g/mol. The van der Waals surface area contributed by atoms with Gasteiger partial charge in [0.15, 0.2) is 0 Å². The largest absolute Gasteiger partial charge is 0.497 e. The summed E-state index contributed by atoms with van der Waals surface area (Å²) in [5.41, 5.74) is 10.7. The highest BCUT2D eigenvalue weighted by molar-refractivity contribution is 5.80. The maximum Gasteiger partial charge on any atom is 0.119 e. The third kappa shape index (κ3) is 4.83. The van der Waals surface area contributed by atoms with Crippen molar-refractivity contribution in [1.29, 1.82) is 0 Å². The summed E-state index contributed by atoms with van der Waals surface area (Å²) in [5.74, 6) is 0.865. The summed E-state index contributed by atoms with van der Waals surface area (Å²) < 4.78 is 5.43. The van der Waals surface area contributed by atoms with Crippen LogP contribution in [0.15, 0.2) is 121 Å². The number of methoxy groups -OCH3 is 1. The summed E-state index contributed by atoms with van der Waals surface area (Å²) in [6.07, 6.45) is 0. The molecule has 0 spiro atoms. The molecule has 0 saturated heterocycles. The van der Waals surface area contributed by atoms with Gasteiger partial charge in [0.25, 0.3) is 0 Å². The van der Waals surface area contributed by atoms with Crippen LogP contribution in [0.4, 0.5) is 17.1 Å². The molecule has 0 N–H and O–H groups in total. The van der Waals surface area contributed by atoms with Crippen molar-refractivity contribution in [3.05, 3.63) is 132 Å². The van der Waals surface area contributed by atoms with Crippen LogP contribution >= 0.6 is 0 Å². The lowest BCUT2D eigenvalue weighted by Crippen LogP contribution is -2.11. The van der Waals surface area contributed by atoms with Crippen molar-refractivity contribution in [3.8, 4) is 28.0 Å². The van der Waals surface area contributed by atoms with E-state index in [2.05, 4.69) is 128 Å². The molecule has 0 unspecified atom stereocenters. The lowest BCUT2D eigenvalue weighted by molar-refractivity contribution is 0.414. The molecule has 0 atom stereocenters. The maximum atomic E-state index is 5.43.